The van der Waals surface area contributed by atoms with Crippen molar-refractivity contribution in [3.8, 4) is 5.75 Å². The number of nitrogens with one attached hydrogen (secondary N) is 2. The van der Waals surface area contributed by atoms with E-state index in [-0.39, 0.29) is 22.6 Å². The first kappa shape index (κ1) is 33.5. The van der Waals surface area contributed by atoms with Crippen molar-refractivity contribution >= 4 is 49.7 Å². The minimum Gasteiger partial charge on any atom is -0.494 e. The van der Waals surface area contributed by atoms with E-state index in [2.05, 4.69) is 15.6 Å². The molecule has 0 aliphatic carbocycles. The molecule has 5 rings (SSSR count). The van der Waals surface area contributed by atoms with Gasteiger partial charge in [-0.3, -0.25) is 4.79 Å². The lowest BCUT2D eigenvalue weighted by molar-refractivity contribution is -0.133. The maximum Gasteiger partial charge on any atom is 0.321 e. The number of urea groups is 1. The smallest absolute Gasteiger partial charge is 0.321 e. The second-order valence-corrected chi connectivity index (χ2v) is 14.4. The number of fused-ring (bicyclic) bond motifs is 1. The molecule has 0 radical (unpaired) electrons. The van der Waals surface area contributed by atoms with Crippen LogP contribution in [0, 0.1) is 5.82 Å². The maximum atomic E-state index is 14.7. The number of likely N-dealkylation sites (tertiary alicyclic amines) is 1. The normalized spacial score (nSPS) is 15.5. The van der Waals surface area contributed by atoms with Gasteiger partial charge in [0.25, 0.3) is 0 Å². The molecule has 0 saturated carbocycles. The van der Waals surface area contributed by atoms with Gasteiger partial charge in [-0.1, -0.05) is 6.07 Å². The number of carbonyl (C=O) groups excluding carboxylic acids is 2. The molecule has 0 bridgehead atoms. The number of hydrogen-bond donors (Lipinski definition) is 3. The Bertz CT molecular complexity index is 1930. The van der Waals surface area contributed by atoms with Crippen LogP contribution in [0.25, 0.3) is 10.8 Å². The van der Waals surface area contributed by atoms with Crippen molar-refractivity contribution in [2.75, 3.05) is 44.1 Å². The Kier molecular flexibility index (Phi) is 9.57. The first-order chi connectivity index (χ1) is 22.3. The average molecular weight is 663 g/mol. The van der Waals surface area contributed by atoms with E-state index in [4.69, 9.17) is 10.5 Å². The maximum absolute atomic E-state index is 14.7. The molecule has 1 aliphatic rings. The van der Waals surface area contributed by atoms with Crippen LogP contribution in [0.4, 0.5) is 26.4 Å². The van der Waals surface area contributed by atoms with Crippen LogP contribution < -0.4 is 21.1 Å². The molecular formula is C34H39FN6O5S. The molecule has 2 heterocycles. The lowest BCUT2D eigenvalue weighted by Crippen LogP contribution is -2.38. The van der Waals surface area contributed by atoms with E-state index in [0.29, 0.717) is 47.7 Å². The molecule has 1 aromatic heterocycles. The molecule has 4 aromatic rings. The summed E-state index contributed by atoms with van der Waals surface area (Å²) in [5.74, 6) is -0.561. The molecular weight excluding hydrogens is 623 g/mol. The van der Waals surface area contributed by atoms with Gasteiger partial charge in [-0.15, -0.1) is 0 Å². The SMILES string of the molecule is COc1cc([C@H](Nc2ccc3c(N)nccc3c2)C(=O)N2CCC[C@@H]2c2cc(NC(=O)N(C)C)ccc2S(=O)(=O)C(C)C)ccc1F. The van der Waals surface area contributed by atoms with Crippen molar-refractivity contribution in [3.63, 3.8) is 0 Å². The zero-order chi connectivity index (χ0) is 34.0. The Morgan fingerprint density at radius 3 is 2.51 bits per heavy atom. The van der Waals surface area contributed by atoms with E-state index in [0.717, 1.165) is 10.8 Å². The van der Waals surface area contributed by atoms with Gasteiger partial charge in [-0.25, -0.2) is 22.6 Å². The number of nitrogen functional groups attached to an aromatic ring is 1. The molecule has 13 heteroatoms. The molecule has 3 aromatic carbocycles. The molecule has 1 fully saturated rings. The summed E-state index contributed by atoms with van der Waals surface area (Å²) >= 11 is 0. The first-order valence-electron chi connectivity index (χ1n) is 15.2. The Balaban J connectivity index is 1.59. The van der Waals surface area contributed by atoms with Crippen molar-refractivity contribution < 1.29 is 27.1 Å². The van der Waals surface area contributed by atoms with Crippen molar-refractivity contribution in [1.29, 1.82) is 0 Å². The number of sulfone groups is 1. The minimum atomic E-state index is -3.76. The number of ether oxygens (including phenoxy) is 1. The monoisotopic (exact) mass is 662 g/mol. The van der Waals surface area contributed by atoms with Gasteiger partial charge in [0.15, 0.2) is 21.4 Å². The molecule has 11 nitrogen and oxygen atoms in total. The fourth-order valence-corrected chi connectivity index (χ4v) is 7.05. The number of nitrogens with two attached hydrogens (primary N) is 1. The number of benzene rings is 3. The number of amides is 3. The van der Waals surface area contributed by atoms with Gasteiger partial charge in [0.1, 0.15) is 11.9 Å². The van der Waals surface area contributed by atoms with Crippen LogP contribution in [0.1, 0.15) is 49.9 Å². The number of methoxy groups -OCH3 is 1. The molecule has 0 spiro atoms. The Morgan fingerprint density at radius 2 is 1.81 bits per heavy atom. The van der Waals surface area contributed by atoms with E-state index in [9.17, 15) is 22.4 Å². The van der Waals surface area contributed by atoms with E-state index in [1.165, 1.54) is 36.3 Å². The van der Waals surface area contributed by atoms with Crippen LogP contribution in [-0.2, 0) is 14.6 Å². The third-order valence-electron chi connectivity index (χ3n) is 8.35. The highest BCUT2D eigenvalue weighted by Gasteiger charge is 2.38. The summed E-state index contributed by atoms with van der Waals surface area (Å²) in [5.41, 5.74) is 7.94. The molecule has 0 unspecified atom stereocenters. The number of carbonyl (C=O) groups is 2. The van der Waals surface area contributed by atoms with E-state index < -0.39 is 33.0 Å². The van der Waals surface area contributed by atoms with Crippen LogP contribution in [0.3, 0.4) is 0 Å². The summed E-state index contributed by atoms with van der Waals surface area (Å²) < 4.78 is 46.9. The number of rotatable bonds is 9. The highest BCUT2D eigenvalue weighted by Crippen LogP contribution is 2.40. The topological polar surface area (TPSA) is 147 Å². The summed E-state index contributed by atoms with van der Waals surface area (Å²) in [6.07, 6.45) is 2.72. The van der Waals surface area contributed by atoms with Crippen LogP contribution in [0.2, 0.25) is 0 Å². The van der Waals surface area contributed by atoms with E-state index in [1.807, 2.05) is 18.2 Å². The zero-order valence-electron chi connectivity index (χ0n) is 27.0. The fourth-order valence-electron chi connectivity index (χ4n) is 5.76. The van der Waals surface area contributed by atoms with Crippen LogP contribution in [0.5, 0.6) is 5.75 Å². The van der Waals surface area contributed by atoms with Crippen LogP contribution >= 0.6 is 0 Å². The molecule has 1 saturated heterocycles. The lowest BCUT2D eigenvalue weighted by Gasteiger charge is -2.32. The van der Waals surface area contributed by atoms with E-state index >= 15 is 0 Å². The van der Waals surface area contributed by atoms with Crippen LogP contribution in [-0.4, -0.2) is 68.1 Å². The van der Waals surface area contributed by atoms with Gasteiger partial charge >= 0.3 is 6.03 Å². The van der Waals surface area contributed by atoms with Gasteiger partial charge in [0.05, 0.1) is 23.3 Å². The third-order valence-corrected chi connectivity index (χ3v) is 10.6. The number of aromatic nitrogens is 1. The molecule has 248 valence electrons. The Morgan fingerprint density at radius 1 is 1.06 bits per heavy atom. The standard InChI is InChI=1S/C34H39FN6O5S/c1-20(2)47(44,45)30-13-10-24(39-34(43)40(3)4)19-26(30)28-7-6-16-41(28)33(42)31(22-8-12-27(35)29(18-22)46-5)38-23-9-11-25-21(17-23)14-15-37-32(25)36/h8-15,17-20,28,31,38H,6-7,16H2,1-5H3,(H2,36,37)(H,39,43)/t28-,31+/m1/s1. The summed E-state index contributed by atoms with van der Waals surface area (Å²) in [7, 11) is 0.788. The van der Waals surface area contributed by atoms with Crippen molar-refractivity contribution in [1.82, 2.24) is 14.8 Å². The predicted molar refractivity (Wildman–Crippen MR) is 181 cm³/mol. The van der Waals surface area contributed by atoms with E-state index in [1.54, 1.807) is 57.2 Å². The average Bonchev–Trinajstić information content (AvgIpc) is 3.53. The fraction of sp³-hybridized carbons (Fsp3) is 0.324. The number of nitrogens with zero attached hydrogens (tertiary/aromatic N) is 3. The molecule has 47 heavy (non-hydrogen) atoms. The number of anilines is 3. The molecule has 4 N–H and O–H groups in total. The summed E-state index contributed by atoms with van der Waals surface area (Å²) in [5, 5.41) is 6.96. The number of halogens is 1. The molecule has 1 aliphatic heterocycles. The Hall–Kier alpha value is -4.91. The predicted octanol–water partition coefficient (Wildman–Crippen LogP) is 5.76. The van der Waals surface area contributed by atoms with Crippen LogP contribution in [0.15, 0.2) is 71.8 Å². The summed E-state index contributed by atoms with van der Waals surface area (Å²) in [6.45, 7) is 3.57. The van der Waals surface area contributed by atoms with Crippen molar-refractivity contribution in [3.05, 3.63) is 83.8 Å². The highest BCUT2D eigenvalue weighted by atomic mass is 32.2. The van der Waals surface area contributed by atoms with Gasteiger partial charge in [-0.2, -0.15) is 0 Å². The quantitative estimate of drug-likeness (QED) is 0.205. The minimum absolute atomic E-state index is 0.0212. The van der Waals surface area contributed by atoms with Gasteiger partial charge in [-0.05, 0) is 97.8 Å². The molecule has 3 amide bonds. The summed E-state index contributed by atoms with van der Waals surface area (Å²) in [4.78, 5) is 34.4. The zero-order valence-corrected chi connectivity index (χ0v) is 27.8. The third kappa shape index (κ3) is 6.80. The molecule has 2 atom stereocenters. The second-order valence-electron chi connectivity index (χ2n) is 12.0. The first-order valence-corrected chi connectivity index (χ1v) is 16.8. The lowest BCUT2D eigenvalue weighted by atomic mass is 10.0. The van der Waals surface area contributed by atoms with Crippen molar-refractivity contribution in [2.24, 2.45) is 0 Å². The number of hydrogen-bond acceptors (Lipinski definition) is 8. The van der Waals surface area contributed by atoms with Gasteiger partial charge in [0, 0.05) is 43.6 Å². The highest BCUT2D eigenvalue weighted by molar-refractivity contribution is 7.92. The van der Waals surface area contributed by atoms with Gasteiger partial charge < -0.3 is 30.9 Å². The number of pyridine rings is 1. The summed E-state index contributed by atoms with van der Waals surface area (Å²) in [6, 6.07) is 14.2. The Labute approximate surface area is 273 Å². The van der Waals surface area contributed by atoms with Gasteiger partial charge in [0.2, 0.25) is 5.91 Å². The largest absolute Gasteiger partial charge is 0.494 e. The van der Waals surface area contributed by atoms with Crippen molar-refractivity contribution in [2.45, 2.75) is 48.9 Å². The second kappa shape index (κ2) is 13.4.